The molecule has 1 aliphatic heterocycles. The van der Waals surface area contributed by atoms with Crippen LogP contribution in [0.15, 0.2) is 48.1 Å². The van der Waals surface area contributed by atoms with E-state index in [9.17, 15) is 9.59 Å². The molecule has 23 heavy (non-hydrogen) atoms. The SMILES string of the molecule is CCC=CCC1CC=C2C(=O)C=CC2CC=CCCCC(=O)O1. The maximum absolute atomic E-state index is 12.0. The van der Waals surface area contributed by atoms with Gasteiger partial charge in [0.25, 0.3) is 0 Å². The molecule has 2 unspecified atom stereocenters. The molecule has 0 amide bonds. The number of allylic oxidation sites excluding steroid dienone is 6. The molecule has 2 aliphatic rings. The second kappa shape index (κ2) is 9.29. The van der Waals surface area contributed by atoms with Crippen LogP contribution in [0.3, 0.4) is 0 Å². The summed E-state index contributed by atoms with van der Waals surface area (Å²) >= 11 is 0. The van der Waals surface area contributed by atoms with Crippen LogP contribution in [0.5, 0.6) is 0 Å². The average molecular weight is 314 g/mol. The first-order valence-corrected chi connectivity index (χ1v) is 8.62. The Morgan fingerprint density at radius 1 is 1.22 bits per heavy atom. The predicted molar refractivity (Wildman–Crippen MR) is 91.9 cm³/mol. The Morgan fingerprint density at radius 2 is 2.09 bits per heavy atom. The Labute approximate surface area is 138 Å². The summed E-state index contributed by atoms with van der Waals surface area (Å²) in [6.45, 7) is 2.08. The Kier molecular flexibility index (Phi) is 7.05. The van der Waals surface area contributed by atoms with Crippen LogP contribution in [0, 0.1) is 5.92 Å². The maximum Gasteiger partial charge on any atom is 0.306 e. The van der Waals surface area contributed by atoms with E-state index >= 15 is 0 Å². The van der Waals surface area contributed by atoms with Gasteiger partial charge < -0.3 is 4.74 Å². The zero-order valence-corrected chi connectivity index (χ0v) is 13.9. The number of carbonyl (C=O) groups excluding carboxylic acids is 2. The molecule has 0 spiro atoms. The molecule has 0 saturated carbocycles. The Balaban J connectivity index is 2.12. The van der Waals surface area contributed by atoms with Crippen molar-refractivity contribution in [3.8, 4) is 0 Å². The summed E-state index contributed by atoms with van der Waals surface area (Å²) < 4.78 is 5.60. The number of fused-ring (bicyclic) bond motifs is 1. The van der Waals surface area contributed by atoms with Crippen molar-refractivity contribution in [2.75, 3.05) is 0 Å². The van der Waals surface area contributed by atoms with E-state index in [1.165, 1.54) is 0 Å². The number of rotatable bonds is 3. The first-order chi connectivity index (χ1) is 11.2. The van der Waals surface area contributed by atoms with Crippen molar-refractivity contribution in [2.45, 2.75) is 58.0 Å². The highest BCUT2D eigenvalue weighted by Crippen LogP contribution is 2.27. The fraction of sp³-hybridized carbons (Fsp3) is 0.500. The number of esters is 1. The number of hydrogen-bond acceptors (Lipinski definition) is 3. The van der Waals surface area contributed by atoms with E-state index in [0.29, 0.717) is 19.3 Å². The normalized spacial score (nSPS) is 26.2. The first kappa shape index (κ1) is 17.5. The van der Waals surface area contributed by atoms with Gasteiger partial charge in [-0.3, -0.25) is 9.59 Å². The molecule has 1 aliphatic carbocycles. The van der Waals surface area contributed by atoms with Gasteiger partial charge in [0, 0.05) is 30.8 Å². The van der Waals surface area contributed by atoms with Crippen LogP contribution in [0.1, 0.15) is 51.9 Å². The highest BCUT2D eigenvalue weighted by molar-refractivity contribution is 6.07. The zero-order chi connectivity index (χ0) is 16.5. The molecule has 1 heterocycles. The van der Waals surface area contributed by atoms with E-state index < -0.39 is 0 Å². The fourth-order valence-corrected chi connectivity index (χ4v) is 2.88. The lowest BCUT2D eigenvalue weighted by Crippen LogP contribution is -2.17. The molecule has 0 bridgehead atoms. The third-order valence-electron chi connectivity index (χ3n) is 4.17. The molecule has 0 aromatic carbocycles. The summed E-state index contributed by atoms with van der Waals surface area (Å²) in [6, 6.07) is 0. The number of hydrogen-bond donors (Lipinski definition) is 0. The standard InChI is InChI=1S/C20H26O3/c1-2-3-6-10-17-13-14-18-16(12-15-19(18)21)9-7-4-5-8-11-20(22)23-17/h3-4,6-7,12,14-17H,2,5,8-11,13H2,1H3. The van der Waals surface area contributed by atoms with Crippen molar-refractivity contribution >= 4 is 11.8 Å². The van der Waals surface area contributed by atoms with E-state index in [1.807, 2.05) is 12.2 Å². The van der Waals surface area contributed by atoms with Crippen LogP contribution in [0.2, 0.25) is 0 Å². The maximum atomic E-state index is 12.0. The molecule has 0 saturated heterocycles. The minimum Gasteiger partial charge on any atom is -0.462 e. The van der Waals surface area contributed by atoms with Crippen molar-refractivity contribution in [3.63, 3.8) is 0 Å². The van der Waals surface area contributed by atoms with Gasteiger partial charge >= 0.3 is 5.97 Å². The van der Waals surface area contributed by atoms with Gasteiger partial charge in [-0.05, 0) is 31.8 Å². The van der Waals surface area contributed by atoms with Crippen LogP contribution in [-0.2, 0) is 14.3 Å². The molecule has 0 aromatic heterocycles. The molecule has 3 nitrogen and oxygen atoms in total. The van der Waals surface area contributed by atoms with Gasteiger partial charge in [-0.2, -0.15) is 0 Å². The third-order valence-corrected chi connectivity index (χ3v) is 4.17. The molecule has 0 fully saturated rings. The van der Waals surface area contributed by atoms with Crippen molar-refractivity contribution in [2.24, 2.45) is 5.92 Å². The highest BCUT2D eigenvalue weighted by Gasteiger charge is 2.23. The van der Waals surface area contributed by atoms with Gasteiger partial charge in [-0.25, -0.2) is 0 Å². The summed E-state index contributed by atoms with van der Waals surface area (Å²) in [5, 5.41) is 0. The van der Waals surface area contributed by atoms with Gasteiger partial charge in [0.1, 0.15) is 6.10 Å². The van der Waals surface area contributed by atoms with Gasteiger partial charge in [0.15, 0.2) is 5.78 Å². The zero-order valence-electron chi connectivity index (χ0n) is 13.9. The number of cyclic esters (lactones) is 1. The smallest absolute Gasteiger partial charge is 0.306 e. The van der Waals surface area contributed by atoms with Gasteiger partial charge in [-0.1, -0.05) is 43.4 Å². The lowest BCUT2D eigenvalue weighted by molar-refractivity contribution is -0.148. The molecule has 3 heteroatoms. The Hall–Kier alpha value is -1.90. The van der Waals surface area contributed by atoms with Crippen molar-refractivity contribution in [1.82, 2.24) is 0 Å². The summed E-state index contributed by atoms with van der Waals surface area (Å²) in [5.74, 6) is 0.118. The monoisotopic (exact) mass is 314 g/mol. The predicted octanol–water partition coefficient (Wildman–Crippen LogP) is 4.46. The molecule has 2 atom stereocenters. The second-order valence-electron chi connectivity index (χ2n) is 6.05. The third kappa shape index (κ3) is 5.66. The van der Waals surface area contributed by atoms with Gasteiger partial charge in [-0.15, -0.1) is 0 Å². The highest BCUT2D eigenvalue weighted by atomic mass is 16.5. The summed E-state index contributed by atoms with van der Waals surface area (Å²) in [4.78, 5) is 24.0. The topological polar surface area (TPSA) is 43.4 Å². The van der Waals surface area contributed by atoms with Crippen molar-refractivity contribution in [3.05, 3.63) is 48.1 Å². The largest absolute Gasteiger partial charge is 0.462 e. The quantitative estimate of drug-likeness (QED) is 0.571. The van der Waals surface area contributed by atoms with E-state index in [4.69, 9.17) is 4.74 Å². The van der Waals surface area contributed by atoms with Crippen LogP contribution in [0.4, 0.5) is 0 Å². The molecule has 0 radical (unpaired) electrons. The van der Waals surface area contributed by atoms with Crippen molar-refractivity contribution < 1.29 is 14.3 Å². The molecule has 2 rings (SSSR count). The molecular formula is C20H26O3. The lowest BCUT2D eigenvalue weighted by atomic mass is 9.96. The minimum atomic E-state index is -0.180. The van der Waals surface area contributed by atoms with Crippen LogP contribution in [-0.4, -0.2) is 17.9 Å². The fourth-order valence-electron chi connectivity index (χ4n) is 2.88. The first-order valence-electron chi connectivity index (χ1n) is 8.62. The molecular weight excluding hydrogens is 288 g/mol. The van der Waals surface area contributed by atoms with E-state index in [1.54, 1.807) is 6.08 Å². The molecule has 124 valence electrons. The van der Waals surface area contributed by atoms with Crippen LogP contribution in [0.25, 0.3) is 0 Å². The Bertz CT molecular complexity index is 537. The van der Waals surface area contributed by atoms with E-state index in [2.05, 4.69) is 31.2 Å². The lowest BCUT2D eigenvalue weighted by Gasteiger charge is -2.16. The molecule has 0 N–H and O–H groups in total. The Morgan fingerprint density at radius 3 is 2.91 bits per heavy atom. The summed E-state index contributed by atoms with van der Waals surface area (Å²) in [5.41, 5.74) is 0.842. The number of ether oxygens (including phenoxy) is 1. The van der Waals surface area contributed by atoms with Crippen LogP contribution < -0.4 is 0 Å². The second-order valence-corrected chi connectivity index (χ2v) is 6.05. The average Bonchev–Trinajstić information content (AvgIpc) is 2.88. The van der Waals surface area contributed by atoms with E-state index in [0.717, 1.165) is 31.3 Å². The number of carbonyl (C=O) groups is 2. The summed E-state index contributed by atoms with van der Waals surface area (Å²) in [6.07, 6.45) is 19.0. The van der Waals surface area contributed by atoms with Crippen molar-refractivity contribution in [1.29, 1.82) is 0 Å². The molecule has 0 aromatic rings. The summed E-state index contributed by atoms with van der Waals surface area (Å²) in [7, 11) is 0. The van der Waals surface area contributed by atoms with Gasteiger partial charge in [0.2, 0.25) is 0 Å². The van der Waals surface area contributed by atoms with E-state index in [-0.39, 0.29) is 23.8 Å². The van der Waals surface area contributed by atoms with Gasteiger partial charge in [0.05, 0.1) is 0 Å². The number of ketones is 1. The minimum absolute atomic E-state index is 0.0902. The van der Waals surface area contributed by atoms with Crippen LogP contribution >= 0.6 is 0 Å².